The summed E-state index contributed by atoms with van der Waals surface area (Å²) in [5.74, 6) is 0.846. The van der Waals surface area contributed by atoms with Crippen molar-refractivity contribution in [3.8, 4) is 5.75 Å². The van der Waals surface area contributed by atoms with Crippen LogP contribution in [0.5, 0.6) is 5.75 Å². The van der Waals surface area contributed by atoms with Crippen molar-refractivity contribution in [1.82, 2.24) is 9.80 Å². The molecule has 0 saturated carbocycles. The molecule has 0 spiro atoms. The number of anilines is 1. The zero-order chi connectivity index (χ0) is 16.5. The maximum Gasteiger partial charge on any atom is 0.225 e. The Morgan fingerprint density at radius 2 is 1.74 bits per heavy atom. The molecule has 0 aliphatic carbocycles. The fraction of sp³-hybridized carbons (Fsp3) is 0.588. The monoisotopic (exact) mass is 321 g/mol. The van der Waals surface area contributed by atoms with Crippen LogP contribution in [0.15, 0.2) is 24.3 Å². The lowest BCUT2D eigenvalue weighted by atomic mass is 10.2. The van der Waals surface area contributed by atoms with Crippen LogP contribution in [-0.4, -0.2) is 73.3 Å². The van der Waals surface area contributed by atoms with E-state index in [0.717, 1.165) is 50.7 Å². The van der Waals surface area contributed by atoms with Crippen LogP contribution in [0.2, 0.25) is 0 Å². The second-order valence-electron chi connectivity index (χ2n) is 5.66. The van der Waals surface area contributed by atoms with Gasteiger partial charge in [0.2, 0.25) is 5.91 Å². The van der Waals surface area contributed by atoms with Crippen LogP contribution >= 0.6 is 0 Å². The lowest BCUT2D eigenvalue weighted by Crippen LogP contribution is -2.47. The number of rotatable bonds is 8. The summed E-state index contributed by atoms with van der Waals surface area (Å²) in [5.41, 5.74) is 0.797. The van der Waals surface area contributed by atoms with Crippen LogP contribution in [0.4, 0.5) is 5.69 Å². The maximum atomic E-state index is 12.0. The normalized spacial score (nSPS) is 16.3. The number of aliphatic hydroxyl groups is 1. The average Bonchev–Trinajstić information content (AvgIpc) is 2.57. The predicted octanol–water partition coefficient (Wildman–Crippen LogP) is 1.02. The van der Waals surface area contributed by atoms with Crippen molar-refractivity contribution in [1.29, 1.82) is 0 Å². The highest BCUT2D eigenvalue weighted by Gasteiger charge is 2.16. The predicted molar refractivity (Wildman–Crippen MR) is 90.8 cm³/mol. The smallest absolute Gasteiger partial charge is 0.225 e. The van der Waals surface area contributed by atoms with Gasteiger partial charge in [-0.25, -0.2) is 0 Å². The molecule has 128 valence electrons. The molecule has 1 aliphatic heterocycles. The summed E-state index contributed by atoms with van der Waals surface area (Å²) in [6.45, 7) is 8.14. The van der Waals surface area contributed by atoms with Crippen LogP contribution in [0.25, 0.3) is 0 Å². The third-order valence-corrected chi connectivity index (χ3v) is 3.99. The van der Waals surface area contributed by atoms with E-state index in [0.29, 0.717) is 13.0 Å². The molecule has 1 aliphatic rings. The lowest BCUT2D eigenvalue weighted by Gasteiger charge is -2.34. The average molecular weight is 321 g/mol. The highest BCUT2D eigenvalue weighted by molar-refractivity contribution is 5.90. The quantitative estimate of drug-likeness (QED) is 0.748. The van der Waals surface area contributed by atoms with E-state index in [9.17, 15) is 4.79 Å². The van der Waals surface area contributed by atoms with Crippen molar-refractivity contribution in [2.45, 2.75) is 13.3 Å². The van der Waals surface area contributed by atoms with Crippen LogP contribution in [0, 0.1) is 0 Å². The van der Waals surface area contributed by atoms with Crippen molar-refractivity contribution < 1.29 is 14.6 Å². The summed E-state index contributed by atoms with van der Waals surface area (Å²) >= 11 is 0. The topological polar surface area (TPSA) is 65.0 Å². The standard InChI is InChI=1S/C17H27N3O3/c1-2-23-16-5-3-15(4-6-16)18-17(22)7-8-19-9-11-20(12-10-19)13-14-21/h3-6,21H,2,7-14H2,1H3,(H,18,22). The Morgan fingerprint density at radius 3 is 2.30 bits per heavy atom. The molecule has 23 heavy (non-hydrogen) atoms. The molecule has 1 saturated heterocycles. The molecule has 0 atom stereocenters. The minimum absolute atomic E-state index is 0.0342. The second-order valence-corrected chi connectivity index (χ2v) is 5.66. The van der Waals surface area contributed by atoms with Crippen molar-refractivity contribution in [3.63, 3.8) is 0 Å². The summed E-state index contributed by atoms with van der Waals surface area (Å²) in [7, 11) is 0. The van der Waals surface area contributed by atoms with Gasteiger partial charge in [-0.3, -0.25) is 9.69 Å². The van der Waals surface area contributed by atoms with E-state index in [1.807, 2.05) is 31.2 Å². The number of ether oxygens (including phenoxy) is 1. The third-order valence-electron chi connectivity index (χ3n) is 3.99. The van der Waals surface area contributed by atoms with Gasteiger partial charge in [-0.05, 0) is 31.2 Å². The van der Waals surface area contributed by atoms with E-state index in [-0.39, 0.29) is 12.5 Å². The van der Waals surface area contributed by atoms with Gasteiger partial charge in [0.1, 0.15) is 5.75 Å². The summed E-state index contributed by atoms with van der Waals surface area (Å²) in [6, 6.07) is 7.44. The van der Waals surface area contributed by atoms with Crippen LogP contribution in [0.1, 0.15) is 13.3 Å². The van der Waals surface area contributed by atoms with Gasteiger partial charge in [-0.2, -0.15) is 0 Å². The Labute approximate surface area is 138 Å². The van der Waals surface area contributed by atoms with Crippen LogP contribution in [0.3, 0.4) is 0 Å². The van der Waals surface area contributed by atoms with Gasteiger partial charge in [0.05, 0.1) is 13.2 Å². The van der Waals surface area contributed by atoms with Crippen molar-refractivity contribution in [2.75, 3.05) is 57.8 Å². The van der Waals surface area contributed by atoms with Crippen molar-refractivity contribution >= 4 is 11.6 Å². The molecule has 1 aromatic carbocycles. The molecule has 1 aromatic rings. The Balaban J connectivity index is 1.67. The Hall–Kier alpha value is -1.63. The fourth-order valence-electron chi connectivity index (χ4n) is 2.66. The molecule has 1 amide bonds. The molecule has 0 unspecified atom stereocenters. The molecular weight excluding hydrogens is 294 g/mol. The first-order valence-corrected chi connectivity index (χ1v) is 8.29. The van der Waals surface area contributed by atoms with E-state index in [1.165, 1.54) is 0 Å². The highest BCUT2D eigenvalue weighted by Crippen LogP contribution is 2.15. The zero-order valence-corrected chi connectivity index (χ0v) is 13.8. The number of nitrogens with one attached hydrogen (secondary N) is 1. The number of amides is 1. The largest absolute Gasteiger partial charge is 0.494 e. The van der Waals surface area contributed by atoms with E-state index in [4.69, 9.17) is 9.84 Å². The molecule has 0 aromatic heterocycles. The minimum Gasteiger partial charge on any atom is -0.494 e. The zero-order valence-electron chi connectivity index (χ0n) is 13.8. The molecule has 2 rings (SSSR count). The van der Waals surface area contributed by atoms with Gasteiger partial charge in [-0.15, -0.1) is 0 Å². The molecule has 0 radical (unpaired) electrons. The van der Waals surface area contributed by atoms with Crippen molar-refractivity contribution in [2.24, 2.45) is 0 Å². The van der Waals surface area contributed by atoms with Crippen LogP contribution < -0.4 is 10.1 Å². The third kappa shape index (κ3) is 6.17. The Morgan fingerprint density at radius 1 is 1.13 bits per heavy atom. The van der Waals surface area contributed by atoms with Gasteiger partial charge in [0.15, 0.2) is 0 Å². The number of benzene rings is 1. The second kappa shape index (κ2) is 9.50. The van der Waals surface area contributed by atoms with E-state index in [2.05, 4.69) is 15.1 Å². The molecule has 6 heteroatoms. The Kier molecular flexibility index (Phi) is 7.32. The number of aliphatic hydroxyl groups excluding tert-OH is 1. The first-order chi connectivity index (χ1) is 11.2. The summed E-state index contributed by atoms with van der Waals surface area (Å²) < 4.78 is 5.38. The van der Waals surface area contributed by atoms with Gasteiger partial charge in [0, 0.05) is 51.4 Å². The number of carbonyl (C=O) groups excluding carboxylic acids is 1. The number of hydrogen-bond acceptors (Lipinski definition) is 5. The number of β-amino-alcohol motifs (C(OH)–C–C–N with tert-alkyl or cyclic N) is 1. The van der Waals surface area contributed by atoms with Crippen LogP contribution in [-0.2, 0) is 4.79 Å². The summed E-state index contributed by atoms with van der Waals surface area (Å²) in [4.78, 5) is 16.6. The summed E-state index contributed by atoms with van der Waals surface area (Å²) in [6.07, 6.45) is 0.493. The number of hydrogen-bond donors (Lipinski definition) is 2. The molecular formula is C17H27N3O3. The molecule has 2 N–H and O–H groups in total. The number of carbonyl (C=O) groups is 1. The fourth-order valence-corrected chi connectivity index (χ4v) is 2.66. The van der Waals surface area contributed by atoms with Gasteiger partial charge in [-0.1, -0.05) is 0 Å². The molecule has 1 fully saturated rings. The van der Waals surface area contributed by atoms with E-state index >= 15 is 0 Å². The summed E-state index contributed by atoms with van der Waals surface area (Å²) in [5, 5.41) is 11.8. The van der Waals surface area contributed by atoms with Gasteiger partial charge in [0.25, 0.3) is 0 Å². The molecule has 0 bridgehead atoms. The highest BCUT2D eigenvalue weighted by atomic mass is 16.5. The first-order valence-electron chi connectivity index (χ1n) is 8.29. The van der Waals surface area contributed by atoms with Gasteiger partial charge >= 0.3 is 0 Å². The van der Waals surface area contributed by atoms with E-state index < -0.39 is 0 Å². The first kappa shape index (κ1) is 17.7. The number of nitrogens with zero attached hydrogens (tertiary/aromatic N) is 2. The lowest BCUT2D eigenvalue weighted by molar-refractivity contribution is -0.116. The maximum absolute atomic E-state index is 12.0. The molecule has 6 nitrogen and oxygen atoms in total. The number of piperazine rings is 1. The minimum atomic E-state index is 0.0342. The van der Waals surface area contributed by atoms with E-state index in [1.54, 1.807) is 0 Å². The van der Waals surface area contributed by atoms with Gasteiger partial charge < -0.3 is 20.1 Å². The molecule has 1 heterocycles. The Bertz CT molecular complexity index is 470. The van der Waals surface area contributed by atoms with Crippen molar-refractivity contribution in [3.05, 3.63) is 24.3 Å². The SMILES string of the molecule is CCOc1ccc(NC(=O)CCN2CCN(CCO)CC2)cc1.